The molecule has 14 aromatic carbocycles. The molecule has 0 fully saturated rings. The quantitative estimate of drug-likeness (QED) is 0.0960. The molecule has 0 radical (unpaired) electrons. The lowest BCUT2D eigenvalue weighted by atomic mass is 10.0. The molecule has 0 saturated carbocycles. The number of benzene rings is 14. The van der Waals surface area contributed by atoms with Crippen LogP contribution in [0.25, 0.3) is 123 Å². The second-order valence-electron chi connectivity index (χ2n) is 25.9. The Morgan fingerprint density at radius 1 is 0.245 bits per heavy atom. The number of para-hydroxylation sites is 5. The summed E-state index contributed by atoms with van der Waals surface area (Å²) in [6, 6.07) is 132. The van der Waals surface area contributed by atoms with Crippen molar-refractivity contribution in [1.29, 1.82) is 0 Å². The van der Waals surface area contributed by atoms with Gasteiger partial charge in [-0.1, -0.05) is 237 Å². The van der Waals surface area contributed by atoms with Crippen molar-refractivity contribution in [3.8, 4) is 79.2 Å². The highest BCUT2D eigenvalue weighted by Gasteiger charge is 2.22. The zero-order chi connectivity index (χ0) is 67.9. The fourth-order valence-electron chi connectivity index (χ4n) is 14.5. The third-order valence-corrected chi connectivity index (χ3v) is 19.5. The fraction of sp³-hybridized carbons (Fsp3) is 0.0213. The summed E-state index contributed by atoms with van der Waals surface area (Å²) in [5, 5.41) is 4.73. The molecule has 482 valence electrons. The van der Waals surface area contributed by atoms with Gasteiger partial charge in [0.1, 0.15) is 0 Å². The molecule has 0 aliphatic heterocycles. The van der Waals surface area contributed by atoms with E-state index in [1.807, 2.05) is 12.1 Å². The number of aromatic nitrogens is 6. The van der Waals surface area contributed by atoms with Gasteiger partial charge in [-0.2, -0.15) is 0 Å². The minimum atomic E-state index is 0.674. The van der Waals surface area contributed by atoms with E-state index in [1.54, 1.807) is 0 Å². The van der Waals surface area contributed by atoms with Gasteiger partial charge in [-0.25, -0.2) is 19.9 Å². The Kier molecular flexibility index (Phi) is 15.7. The molecule has 0 aliphatic rings. The van der Waals surface area contributed by atoms with E-state index >= 15 is 0 Å². The van der Waals surface area contributed by atoms with Crippen LogP contribution in [0.4, 0.5) is 34.1 Å². The average Bonchev–Trinajstić information content (AvgIpc) is 1.59. The van der Waals surface area contributed by atoms with Crippen LogP contribution in [0.1, 0.15) is 16.7 Å². The zero-order valence-electron chi connectivity index (χ0n) is 56.0. The first-order valence-corrected chi connectivity index (χ1v) is 34.6. The summed E-state index contributed by atoms with van der Waals surface area (Å²) >= 11 is 0. The average molecular weight is 1310 g/mol. The maximum Gasteiger partial charge on any atom is 0.160 e. The molecule has 8 heteroatoms. The topological polar surface area (TPSA) is 67.9 Å². The molecule has 4 aromatic heterocycles. The molecule has 4 heterocycles. The van der Waals surface area contributed by atoms with Gasteiger partial charge < -0.3 is 18.9 Å². The van der Waals surface area contributed by atoms with E-state index < -0.39 is 0 Å². The van der Waals surface area contributed by atoms with Crippen LogP contribution in [-0.4, -0.2) is 29.1 Å². The van der Waals surface area contributed by atoms with Crippen molar-refractivity contribution in [1.82, 2.24) is 29.1 Å². The Morgan fingerprint density at radius 2 is 0.569 bits per heavy atom. The molecule has 0 spiro atoms. The van der Waals surface area contributed by atoms with Crippen LogP contribution in [0.15, 0.2) is 370 Å². The molecule has 0 amide bonds. The van der Waals surface area contributed by atoms with E-state index in [-0.39, 0.29) is 0 Å². The van der Waals surface area contributed by atoms with Crippen molar-refractivity contribution in [3.63, 3.8) is 0 Å². The molecule has 102 heavy (non-hydrogen) atoms. The van der Waals surface area contributed by atoms with Crippen molar-refractivity contribution < 1.29 is 0 Å². The van der Waals surface area contributed by atoms with Crippen LogP contribution < -0.4 is 9.80 Å². The van der Waals surface area contributed by atoms with Crippen LogP contribution in [0.5, 0.6) is 0 Å². The standard InChI is InChI=1S/C94H66N8/c1-64-23-17-18-34-80(64)94-97-86(68-26-9-3-10-27-68)63-88(98-94)70-47-53-77(54-48-70)102-90-38-22-20-36-82(90)84-61-79(56-58-92(84)102)100(74-32-15-6-16-33-74)75-49-41-66(42-50-75)59-65-39-43-71(44-40-65)93-95-85(67-24-7-2-8-25-67)62-87(96-93)69-45-51-76(52-46-69)101-89-37-21-19-35-81(89)83-60-78(55-57-91(83)101)99(72-28-11-4-12-29-72)73-30-13-5-14-31-73/h2-58,60-63H,59H2,1H3. The van der Waals surface area contributed by atoms with Gasteiger partial charge in [0.2, 0.25) is 0 Å². The summed E-state index contributed by atoms with van der Waals surface area (Å²) < 4.78 is 4.75. The lowest BCUT2D eigenvalue weighted by Gasteiger charge is -2.26. The van der Waals surface area contributed by atoms with E-state index in [4.69, 9.17) is 19.9 Å². The van der Waals surface area contributed by atoms with E-state index in [0.717, 1.165) is 136 Å². The number of nitrogens with zero attached hydrogens (tertiary/aromatic N) is 8. The van der Waals surface area contributed by atoms with Gasteiger partial charge in [0, 0.05) is 100 Å². The van der Waals surface area contributed by atoms with Crippen LogP contribution in [0.2, 0.25) is 0 Å². The summed E-state index contributed by atoms with van der Waals surface area (Å²) in [5.41, 5.74) is 26.3. The summed E-state index contributed by atoms with van der Waals surface area (Å²) in [7, 11) is 0. The molecule has 0 unspecified atom stereocenters. The van der Waals surface area contributed by atoms with E-state index in [0.29, 0.717) is 11.6 Å². The third-order valence-electron chi connectivity index (χ3n) is 19.5. The van der Waals surface area contributed by atoms with Gasteiger partial charge >= 0.3 is 0 Å². The molecule has 0 atom stereocenters. The number of hydrogen-bond acceptors (Lipinski definition) is 6. The normalized spacial score (nSPS) is 11.4. The second-order valence-corrected chi connectivity index (χ2v) is 25.9. The van der Waals surface area contributed by atoms with E-state index in [9.17, 15) is 0 Å². The Labute approximate surface area is 592 Å². The number of anilines is 6. The first-order chi connectivity index (χ1) is 50.5. The second kappa shape index (κ2) is 26.4. The maximum atomic E-state index is 5.31. The smallest absolute Gasteiger partial charge is 0.160 e. The van der Waals surface area contributed by atoms with Crippen molar-refractivity contribution in [2.75, 3.05) is 9.80 Å². The number of hydrogen-bond donors (Lipinski definition) is 0. The molecular formula is C94H66N8. The molecule has 0 bridgehead atoms. The molecule has 18 rings (SSSR count). The van der Waals surface area contributed by atoms with Gasteiger partial charge in [0.25, 0.3) is 0 Å². The molecule has 8 nitrogen and oxygen atoms in total. The van der Waals surface area contributed by atoms with Crippen molar-refractivity contribution in [2.45, 2.75) is 13.3 Å². The summed E-state index contributed by atoms with van der Waals surface area (Å²) in [6.45, 7) is 2.11. The van der Waals surface area contributed by atoms with Crippen molar-refractivity contribution >= 4 is 77.7 Å². The van der Waals surface area contributed by atoms with E-state index in [1.165, 1.54) is 32.7 Å². The number of aryl methyl sites for hydroxylation is 1. The fourth-order valence-corrected chi connectivity index (χ4v) is 14.5. The zero-order valence-corrected chi connectivity index (χ0v) is 56.0. The first kappa shape index (κ1) is 60.8. The summed E-state index contributed by atoms with van der Waals surface area (Å²) in [6.07, 6.45) is 0.760. The molecule has 0 aliphatic carbocycles. The van der Waals surface area contributed by atoms with Crippen LogP contribution in [0, 0.1) is 6.92 Å². The molecular weight excluding hydrogens is 1240 g/mol. The minimum absolute atomic E-state index is 0.674. The lowest BCUT2D eigenvalue weighted by Crippen LogP contribution is -2.10. The molecule has 0 N–H and O–H groups in total. The minimum Gasteiger partial charge on any atom is -0.310 e. The summed E-state index contributed by atoms with van der Waals surface area (Å²) in [5.74, 6) is 1.39. The van der Waals surface area contributed by atoms with Gasteiger partial charge in [-0.3, -0.25) is 0 Å². The Balaban J connectivity index is 0.619. The predicted molar refractivity (Wildman–Crippen MR) is 422 cm³/mol. The highest BCUT2D eigenvalue weighted by atomic mass is 15.1. The van der Waals surface area contributed by atoms with Crippen molar-refractivity contribution in [3.05, 3.63) is 387 Å². The Morgan fingerprint density at radius 3 is 1.00 bits per heavy atom. The molecule has 18 aromatic rings. The van der Waals surface area contributed by atoms with Crippen LogP contribution in [-0.2, 0) is 6.42 Å². The third kappa shape index (κ3) is 11.6. The Hall–Kier alpha value is -13.6. The van der Waals surface area contributed by atoms with E-state index in [2.05, 4.69) is 384 Å². The van der Waals surface area contributed by atoms with Crippen LogP contribution in [0.3, 0.4) is 0 Å². The van der Waals surface area contributed by atoms with Crippen LogP contribution >= 0.6 is 0 Å². The maximum absolute atomic E-state index is 5.31. The SMILES string of the molecule is Cc1ccccc1-c1nc(-c2ccccc2)cc(-c2ccc(-n3c4ccccc4c4cc(N(c5ccccc5)c5ccc(Cc6ccc(-c7nc(-c8ccccc8)cc(-c8ccc(-n9c%10ccccc%10c%10cc(N(c%11ccccc%11)c%11ccccc%11)ccc%109)cc8)n7)cc6)cc5)ccc43)cc2)n1. The highest BCUT2D eigenvalue weighted by molar-refractivity contribution is 6.12. The largest absolute Gasteiger partial charge is 0.310 e. The lowest BCUT2D eigenvalue weighted by molar-refractivity contribution is 1.16. The predicted octanol–water partition coefficient (Wildman–Crippen LogP) is 24.3. The van der Waals surface area contributed by atoms with Crippen molar-refractivity contribution in [2.24, 2.45) is 0 Å². The number of rotatable bonds is 16. The Bertz CT molecular complexity index is 6020. The van der Waals surface area contributed by atoms with Gasteiger partial charge in [-0.15, -0.1) is 0 Å². The van der Waals surface area contributed by atoms with Gasteiger partial charge in [-0.05, 0) is 163 Å². The van der Waals surface area contributed by atoms with Gasteiger partial charge in [0.15, 0.2) is 11.6 Å². The monoisotopic (exact) mass is 1310 g/mol. The highest BCUT2D eigenvalue weighted by Crippen LogP contribution is 2.43. The number of fused-ring (bicyclic) bond motifs is 6. The summed E-state index contributed by atoms with van der Waals surface area (Å²) in [4.78, 5) is 25.5. The molecule has 0 saturated heterocycles. The first-order valence-electron chi connectivity index (χ1n) is 34.6. The van der Waals surface area contributed by atoms with Gasteiger partial charge in [0.05, 0.1) is 44.8 Å².